The fraction of sp³-hybridized carbons (Fsp3) is 0.200. The molecule has 2 rings (SSSR count). The van der Waals surface area contributed by atoms with Crippen LogP contribution in [0.2, 0.25) is 0 Å². The molecule has 2 aromatic carbocycles. The Kier molecular flexibility index (Phi) is 7.98. The summed E-state index contributed by atoms with van der Waals surface area (Å²) in [6.07, 6.45) is -0.254. The van der Waals surface area contributed by atoms with Crippen LogP contribution in [0.25, 0.3) is 0 Å². The van der Waals surface area contributed by atoms with Crippen LogP contribution in [-0.2, 0) is 19.1 Å². The van der Waals surface area contributed by atoms with Crippen LogP contribution in [0.3, 0.4) is 0 Å². The molecule has 2 N–H and O–H groups in total. The molecule has 0 bridgehead atoms. The summed E-state index contributed by atoms with van der Waals surface area (Å²) in [7, 11) is 1.25. The third-order valence-corrected chi connectivity index (χ3v) is 3.74. The number of amides is 2. The molecule has 0 spiro atoms. The molecule has 2 amide bonds. The van der Waals surface area contributed by atoms with E-state index in [9.17, 15) is 28.0 Å². The van der Waals surface area contributed by atoms with Crippen LogP contribution in [0.4, 0.5) is 14.5 Å². The lowest BCUT2D eigenvalue weighted by Crippen LogP contribution is -2.28. The Morgan fingerprint density at radius 1 is 1.00 bits per heavy atom. The van der Waals surface area contributed by atoms with Gasteiger partial charge in [-0.15, -0.1) is 0 Å². The number of benzene rings is 2. The fourth-order valence-electron chi connectivity index (χ4n) is 2.27. The highest BCUT2D eigenvalue weighted by atomic mass is 19.1. The van der Waals surface area contributed by atoms with Crippen molar-refractivity contribution in [3.8, 4) is 0 Å². The number of ether oxygens (including phenoxy) is 2. The van der Waals surface area contributed by atoms with Crippen LogP contribution in [0.15, 0.2) is 42.5 Å². The van der Waals surface area contributed by atoms with Gasteiger partial charge in [0, 0.05) is 18.3 Å². The van der Waals surface area contributed by atoms with E-state index in [1.807, 2.05) is 0 Å². The maximum atomic E-state index is 13.5. The van der Waals surface area contributed by atoms with E-state index in [2.05, 4.69) is 15.4 Å². The quantitative estimate of drug-likeness (QED) is 0.633. The molecule has 0 unspecified atom stereocenters. The monoisotopic (exact) mass is 420 g/mol. The van der Waals surface area contributed by atoms with Crippen molar-refractivity contribution >= 4 is 29.4 Å². The van der Waals surface area contributed by atoms with E-state index >= 15 is 0 Å². The zero-order valence-corrected chi connectivity index (χ0v) is 15.9. The molecule has 30 heavy (non-hydrogen) atoms. The summed E-state index contributed by atoms with van der Waals surface area (Å²) in [6.45, 7) is -0.719. The zero-order chi connectivity index (χ0) is 22.1. The largest absolute Gasteiger partial charge is 0.465 e. The van der Waals surface area contributed by atoms with Crippen molar-refractivity contribution in [3.05, 3.63) is 65.2 Å². The second kappa shape index (κ2) is 10.6. The lowest BCUT2D eigenvalue weighted by Gasteiger charge is -2.08. The predicted octanol–water partition coefficient (Wildman–Crippen LogP) is 2.05. The molecular formula is C20H18F2N2O6. The molecule has 0 radical (unpaired) electrons. The van der Waals surface area contributed by atoms with Crippen LogP contribution in [0.5, 0.6) is 0 Å². The van der Waals surface area contributed by atoms with E-state index < -0.39 is 42.0 Å². The molecule has 0 aromatic heterocycles. The predicted molar refractivity (Wildman–Crippen MR) is 101 cm³/mol. The lowest BCUT2D eigenvalue weighted by molar-refractivity contribution is -0.147. The molecule has 0 fully saturated rings. The van der Waals surface area contributed by atoms with Crippen LogP contribution in [-0.4, -0.2) is 44.0 Å². The maximum Gasteiger partial charge on any atom is 0.337 e. The van der Waals surface area contributed by atoms with Gasteiger partial charge in [0.1, 0.15) is 11.6 Å². The Labute approximate surface area is 170 Å². The number of methoxy groups -OCH3 is 1. The van der Waals surface area contributed by atoms with Gasteiger partial charge in [-0.25, -0.2) is 13.6 Å². The normalized spacial score (nSPS) is 10.1. The molecule has 0 atom stereocenters. The average molecular weight is 420 g/mol. The number of carbonyl (C=O) groups excluding carboxylic acids is 4. The molecule has 0 aliphatic rings. The fourth-order valence-corrected chi connectivity index (χ4v) is 2.27. The van der Waals surface area contributed by atoms with Gasteiger partial charge in [-0.1, -0.05) is 0 Å². The van der Waals surface area contributed by atoms with Gasteiger partial charge in [-0.3, -0.25) is 14.4 Å². The average Bonchev–Trinajstić information content (AvgIpc) is 2.72. The van der Waals surface area contributed by atoms with Gasteiger partial charge in [0.2, 0.25) is 0 Å². The van der Waals surface area contributed by atoms with E-state index in [0.717, 1.165) is 12.1 Å². The van der Waals surface area contributed by atoms with Crippen molar-refractivity contribution in [3.63, 3.8) is 0 Å². The molecule has 0 aliphatic carbocycles. The standard InChI is InChI=1S/C20H18F2N2O6/c1-29-20(28)12-2-5-14(6-3-12)24-17(25)11-30-18(26)8-9-23-19(27)15-7-4-13(21)10-16(15)22/h2-7,10H,8-9,11H2,1H3,(H,23,27)(H,24,25). The lowest BCUT2D eigenvalue weighted by atomic mass is 10.2. The molecule has 0 saturated heterocycles. The summed E-state index contributed by atoms with van der Waals surface area (Å²) in [5.74, 6) is -4.53. The smallest absolute Gasteiger partial charge is 0.337 e. The Morgan fingerprint density at radius 2 is 1.70 bits per heavy atom. The number of anilines is 1. The number of esters is 2. The van der Waals surface area contributed by atoms with E-state index in [0.29, 0.717) is 17.3 Å². The Balaban J connectivity index is 1.70. The topological polar surface area (TPSA) is 111 Å². The second-order valence-electron chi connectivity index (χ2n) is 5.91. The zero-order valence-electron chi connectivity index (χ0n) is 15.9. The van der Waals surface area contributed by atoms with Crippen LogP contribution in [0, 0.1) is 11.6 Å². The number of rotatable bonds is 8. The van der Waals surface area contributed by atoms with E-state index in [4.69, 9.17) is 4.74 Å². The van der Waals surface area contributed by atoms with Crippen molar-refractivity contribution in [1.82, 2.24) is 5.32 Å². The van der Waals surface area contributed by atoms with Gasteiger partial charge in [-0.05, 0) is 36.4 Å². The summed E-state index contributed by atoms with van der Waals surface area (Å²) < 4.78 is 35.7. The first-order valence-corrected chi connectivity index (χ1v) is 8.67. The van der Waals surface area contributed by atoms with Gasteiger partial charge in [0.25, 0.3) is 11.8 Å². The first-order chi connectivity index (χ1) is 14.3. The van der Waals surface area contributed by atoms with Gasteiger partial charge < -0.3 is 20.1 Å². The first kappa shape index (κ1) is 22.5. The van der Waals surface area contributed by atoms with Crippen molar-refractivity contribution in [2.24, 2.45) is 0 Å². The van der Waals surface area contributed by atoms with Crippen molar-refractivity contribution in [1.29, 1.82) is 0 Å². The number of carbonyl (C=O) groups is 4. The molecule has 158 valence electrons. The van der Waals surface area contributed by atoms with Crippen molar-refractivity contribution in [2.45, 2.75) is 6.42 Å². The molecule has 0 saturated carbocycles. The van der Waals surface area contributed by atoms with Gasteiger partial charge in [0.05, 0.1) is 24.7 Å². The molecule has 0 aliphatic heterocycles. The summed E-state index contributed by atoms with van der Waals surface area (Å²) in [5, 5.41) is 4.77. The summed E-state index contributed by atoms with van der Waals surface area (Å²) in [5.41, 5.74) is 0.337. The van der Waals surface area contributed by atoms with E-state index in [-0.39, 0.29) is 18.5 Å². The van der Waals surface area contributed by atoms with Crippen LogP contribution >= 0.6 is 0 Å². The maximum absolute atomic E-state index is 13.5. The first-order valence-electron chi connectivity index (χ1n) is 8.67. The second-order valence-corrected chi connectivity index (χ2v) is 5.91. The summed E-state index contributed by atoms with van der Waals surface area (Å²) >= 11 is 0. The van der Waals surface area contributed by atoms with E-state index in [1.165, 1.54) is 31.4 Å². The van der Waals surface area contributed by atoms with Gasteiger partial charge >= 0.3 is 11.9 Å². The van der Waals surface area contributed by atoms with E-state index in [1.54, 1.807) is 0 Å². The summed E-state index contributed by atoms with van der Waals surface area (Å²) in [4.78, 5) is 46.6. The van der Waals surface area contributed by atoms with Crippen LogP contribution in [0.1, 0.15) is 27.1 Å². The SMILES string of the molecule is COC(=O)c1ccc(NC(=O)COC(=O)CCNC(=O)c2ccc(F)cc2F)cc1. The minimum atomic E-state index is -1.02. The van der Waals surface area contributed by atoms with Crippen LogP contribution < -0.4 is 10.6 Å². The Morgan fingerprint density at radius 3 is 2.33 bits per heavy atom. The minimum absolute atomic E-state index is 0.162. The van der Waals surface area contributed by atoms with Crippen molar-refractivity contribution < 1.29 is 37.4 Å². The Bertz CT molecular complexity index is 947. The molecule has 10 heteroatoms. The highest BCUT2D eigenvalue weighted by Crippen LogP contribution is 2.11. The van der Waals surface area contributed by atoms with Crippen molar-refractivity contribution in [2.75, 3.05) is 25.6 Å². The van der Waals surface area contributed by atoms with Gasteiger partial charge in [-0.2, -0.15) is 0 Å². The summed E-state index contributed by atoms with van der Waals surface area (Å²) in [6, 6.07) is 8.38. The molecule has 2 aromatic rings. The van der Waals surface area contributed by atoms with Gasteiger partial charge in [0.15, 0.2) is 6.61 Å². The minimum Gasteiger partial charge on any atom is -0.465 e. The highest BCUT2D eigenvalue weighted by Gasteiger charge is 2.14. The third-order valence-electron chi connectivity index (χ3n) is 3.74. The molecular weight excluding hydrogens is 402 g/mol. The number of nitrogens with one attached hydrogen (secondary N) is 2. The molecule has 8 nitrogen and oxygen atoms in total. The number of hydrogen-bond donors (Lipinski definition) is 2. The number of halogens is 2. The number of hydrogen-bond acceptors (Lipinski definition) is 6. The molecule has 0 heterocycles. The highest BCUT2D eigenvalue weighted by molar-refractivity contribution is 5.95. The third kappa shape index (κ3) is 6.66. The Hall–Kier alpha value is -3.82.